The molecule has 0 saturated carbocycles. The van der Waals surface area contributed by atoms with Crippen LogP contribution < -0.4 is 5.73 Å². The van der Waals surface area contributed by atoms with Gasteiger partial charge in [-0.15, -0.1) is 11.3 Å². The topological polar surface area (TPSA) is 66.6 Å². The van der Waals surface area contributed by atoms with Crippen molar-refractivity contribution in [3.05, 3.63) is 15.8 Å². The summed E-state index contributed by atoms with van der Waals surface area (Å²) in [5.41, 5.74) is 5.70. The van der Waals surface area contributed by atoms with Crippen LogP contribution in [0.25, 0.3) is 0 Å². The second-order valence-electron chi connectivity index (χ2n) is 4.36. The van der Waals surface area contributed by atoms with Gasteiger partial charge in [0.05, 0.1) is 23.6 Å². The molecule has 0 aliphatic carbocycles. The fourth-order valence-corrected chi connectivity index (χ4v) is 2.70. The molecule has 1 amide bonds. The van der Waals surface area contributed by atoms with Crippen LogP contribution in [0.4, 0.5) is 5.69 Å². The van der Waals surface area contributed by atoms with Crippen LogP contribution in [-0.2, 0) is 0 Å². The Morgan fingerprint density at radius 1 is 1.69 bits per heavy atom. The van der Waals surface area contributed by atoms with Gasteiger partial charge in [-0.2, -0.15) is 0 Å². The van der Waals surface area contributed by atoms with Gasteiger partial charge in [-0.25, -0.2) is 0 Å². The van der Waals surface area contributed by atoms with Crippen LogP contribution in [0.15, 0.2) is 6.07 Å². The molecule has 1 saturated heterocycles. The van der Waals surface area contributed by atoms with Crippen LogP contribution in [0.3, 0.4) is 0 Å². The number of rotatable bonds is 2. The van der Waals surface area contributed by atoms with Crippen LogP contribution >= 0.6 is 11.3 Å². The Kier molecular flexibility index (Phi) is 2.67. The van der Waals surface area contributed by atoms with Crippen molar-refractivity contribution in [2.75, 3.05) is 18.8 Å². The number of β-amino-alcohol motifs (C(OH)–C–C–N with tert-alkyl or cyclic N) is 1. The first-order valence-corrected chi connectivity index (χ1v) is 6.14. The van der Waals surface area contributed by atoms with Crippen LogP contribution in [0, 0.1) is 6.92 Å². The number of thiophene rings is 1. The zero-order chi connectivity index (χ0) is 11.9. The number of nitrogen functional groups attached to an aromatic ring is 1. The number of aryl methyl sites for hydroxylation is 1. The lowest BCUT2D eigenvalue weighted by Gasteiger charge is -2.45. The first-order valence-electron chi connectivity index (χ1n) is 5.33. The lowest BCUT2D eigenvalue weighted by atomic mass is 9.91. The number of carbonyl (C=O) groups excluding carboxylic acids is 1. The Hall–Kier alpha value is -1.07. The Morgan fingerprint density at radius 2 is 2.31 bits per heavy atom. The fraction of sp³-hybridized carbons (Fsp3) is 0.545. The number of nitrogens with zero attached hydrogens (tertiary/aromatic N) is 1. The highest BCUT2D eigenvalue weighted by Crippen LogP contribution is 2.29. The molecule has 5 heteroatoms. The monoisotopic (exact) mass is 240 g/mol. The smallest absolute Gasteiger partial charge is 0.264 e. The molecule has 1 aromatic rings. The van der Waals surface area contributed by atoms with E-state index in [9.17, 15) is 9.90 Å². The van der Waals surface area contributed by atoms with Crippen LogP contribution in [0.1, 0.15) is 27.9 Å². The molecule has 1 aromatic heterocycles. The van der Waals surface area contributed by atoms with Crippen molar-refractivity contribution in [3.63, 3.8) is 0 Å². The van der Waals surface area contributed by atoms with Crippen molar-refractivity contribution in [3.8, 4) is 0 Å². The van der Waals surface area contributed by atoms with Gasteiger partial charge in [0.25, 0.3) is 5.91 Å². The van der Waals surface area contributed by atoms with Gasteiger partial charge in [-0.1, -0.05) is 6.92 Å². The summed E-state index contributed by atoms with van der Waals surface area (Å²) >= 11 is 1.41. The summed E-state index contributed by atoms with van der Waals surface area (Å²) in [7, 11) is 0. The Bertz CT molecular complexity index is 402. The molecule has 2 rings (SSSR count). The van der Waals surface area contributed by atoms with Gasteiger partial charge < -0.3 is 15.7 Å². The van der Waals surface area contributed by atoms with E-state index in [-0.39, 0.29) is 5.91 Å². The molecule has 3 N–H and O–H groups in total. The van der Waals surface area contributed by atoms with E-state index in [4.69, 9.17) is 5.73 Å². The van der Waals surface area contributed by atoms with Gasteiger partial charge in [0.2, 0.25) is 0 Å². The molecular weight excluding hydrogens is 224 g/mol. The van der Waals surface area contributed by atoms with E-state index in [1.165, 1.54) is 11.3 Å². The first-order chi connectivity index (χ1) is 7.45. The molecule has 1 aliphatic rings. The second kappa shape index (κ2) is 3.75. The van der Waals surface area contributed by atoms with E-state index in [0.29, 0.717) is 30.1 Å². The van der Waals surface area contributed by atoms with Gasteiger partial charge in [0.1, 0.15) is 0 Å². The summed E-state index contributed by atoms with van der Waals surface area (Å²) in [6, 6.07) is 1.71. The summed E-state index contributed by atoms with van der Waals surface area (Å²) < 4.78 is 0. The highest BCUT2D eigenvalue weighted by molar-refractivity contribution is 7.14. The van der Waals surface area contributed by atoms with Crippen molar-refractivity contribution in [2.24, 2.45) is 0 Å². The molecule has 0 aromatic carbocycles. The van der Waals surface area contributed by atoms with Gasteiger partial charge in [-0.05, 0) is 19.4 Å². The number of nitrogens with two attached hydrogens (primary N) is 1. The lowest BCUT2D eigenvalue weighted by molar-refractivity contribution is -0.0824. The standard InChI is InChI=1S/C11H16N2O2S/c1-3-11(15)5-13(6-11)10(14)9-4-8(12)7(2)16-9/h4,15H,3,5-6,12H2,1-2H3. The summed E-state index contributed by atoms with van der Waals surface area (Å²) in [4.78, 5) is 15.3. The normalized spacial score (nSPS) is 18.3. The third-order valence-corrected chi connectivity index (χ3v) is 4.14. The predicted molar refractivity (Wildman–Crippen MR) is 64.6 cm³/mol. The molecular formula is C11H16N2O2S. The predicted octanol–water partition coefficient (Wildman–Crippen LogP) is 1.24. The second-order valence-corrected chi connectivity index (χ2v) is 5.62. The van der Waals surface area contributed by atoms with E-state index >= 15 is 0 Å². The van der Waals surface area contributed by atoms with Crippen molar-refractivity contribution in [2.45, 2.75) is 25.9 Å². The number of aliphatic hydroxyl groups is 1. The van der Waals surface area contributed by atoms with Crippen molar-refractivity contribution < 1.29 is 9.90 Å². The zero-order valence-corrected chi connectivity index (χ0v) is 10.3. The number of carbonyl (C=O) groups is 1. The molecule has 0 radical (unpaired) electrons. The Morgan fingerprint density at radius 3 is 2.75 bits per heavy atom. The highest BCUT2D eigenvalue weighted by atomic mass is 32.1. The van der Waals surface area contributed by atoms with Gasteiger partial charge in [-0.3, -0.25) is 4.79 Å². The summed E-state index contributed by atoms with van der Waals surface area (Å²) in [5, 5.41) is 9.83. The van der Waals surface area contributed by atoms with Crippen molar-refractivity contribution in [1.29, 1.82) is 0 Å². The molecule has 2 heterocycles. The largest absolute Gasteiger partial charge is 0.398 e. The molecule has 0 atom stereocenters. The minimum Gasteiger partial charge on any atom is -0.398 e. The molecule has 0 spiro atoms. The van der Waals surface area contributed by atoms with Gasteiger partial charge in [0.15, 0.2) is 0 Å². The molecule has 4 nitrogen and oxygen atoms in total. The SMILES string of the molecule is CCC1(O)CN(C(=O)c2cc(N)c(C)s2)C1. The molecule has 0 unspecified atom stereocenters. The Balaban J connectivity index is 2.05. The minimum absolute atomic E-state index is 0.0251. The third kappa shape index (κ3) is 1.81. The quantitative estimate of drug-likeness (QED) is 0.817. The van der Waals surface area contributed by atoms with Crippen molar-refractivity contribution >= 4 is 22.9 Å². The van der Waals surface area contributed by atoms with Crippen LogP contribution in [-0.4, -0.2) is 34.6 Å². The lowest BCUT2D eigenvalue weighted by Crippen LogP contribution is -2.63. The van der Waals surface area contributed by atoms with E-state index in [2.05, 4.69) is 0 Å². The molecule has 0 bridgehead atoms. The summed E-state index contributed by atoms with van der Waals surface area (Å²) in [6.07, 6.45) is 0.683. The molecule has 16 heavy (non-hydrogen) atoms. The van der Waals surface area contributed by atoms with E-state index in [1.807, 2.05) is 13.8 Å². The summed E-state index contributed by atoms with van der Waals surface area (Å²) in [6.45, 7) is 4.68. The maximum Gasteiger partial charge on any atom is 0.264 e. The Labute approximate surface area is 98.7 Å². The number of hydrogen-bond donors (Lipinski definition) is 2. The van der Waals surface area contributed by atoms with Crippen molar-refractivity contribution in [1.82, 2.24) is 4.90 Å². The fourth-order valence-electron chi connectivity index (χ4n) is 1.79. The molecule has 88 valence electrons. The number of hydrogen-bond acceptors (Lipinski definition) is 4. The zero-order valence-electron chi connectivity index (χ0n) is 9.49. The molecule has 1 aliphatic heterocycles. The number of amides is 1. The van der Waals surface area contributed by atoms with Crippen LogP contribution in [0.2, 0.25) is 0 Å². The van der Waals surface area contributed by atoms with E-state index in [0.717, 1.165) is 4.88 Å². The maximum atomic E-state index is 12.0. The number of likely N-dealkylation sites (tertiary alicyclic amines) is 1. The van der Waals surface area contributed by atoms with Gasteiger partial charge in [0, 0.05) is 10.6 Å². The average molecular weight is 240 g/mol. The van der Waals surface area contributed by atoms with Crippen LogP contribution in [0.5, 0.6) is 0 Å². The minimum atomic E-state index is -0.673. The average Bonchev–Trinajstić information content (AvgIpc) is 2.53. The highest BCUT2D eigenvalue weighted by Gasteiger charge is 2.42. The first kappa shape index (κ1) is 11.4. The van der Waals surface area contributed by atoms with E-state index in [1.54, 1.807) is 11.0 Å². The maximum absolute atomic E-state index is 12.0. The van der Waals surface area contributed by atoms with E-state index < -0.39 is 5.60 Å². The number of anilines is 1. The molecule has 1 fully saturated rings. The summed E-state index contributed by atoms with van der Waals surface area (Å²) in [5.74, 6) is -0.0251. The third-order valence-electron chi connectivity index (χ3n) is 3.08. The van der Waals surface area contributed by atoms with Gasteiger partial charge >= 0.3 is 0 Å².